The summed E-state index contributed by atoms with van der Waals surface area (Å²) in [5.41, 5.74) is 7.51. The number of rotatable bonds is 0. The zero-order valence-corrected chi connectivity index (χ0v) is 8.96. The monoisotopic (exact) mass is 193 g/mol. The van der Waals surface area contributed by atoms with Crippen molar-refractivity contribution >= 4 is 5.69 Å². The van der Waals surface area contributed by atoms with E-state index in [1.807, 2.05) is 31.2 Å². The first-order valence-corrected chi connectivity index (χ1v) is 4.90. The van der Waals surface area contributed by atoms with Gasteiger partial charge in [0, 0.05) is 25.4 Å². The first-order chi connectivity index (χ1) is 6.68. The van der Waals surface area contributed by atoms with Crippen LogP contribution >= 0.6 is 0 Å². The van der Waals surface area contributed by atoms with Gasteiger partial charge in [0.25, 0.3) is 0 Å². The minimum Gasteiger partial charge on any atom is -0.399 e. The second-order valence-electron chi connectivity index (χ2n) is 3.65. The zero-order chi connectivity index (χ0) is 10.4. The third kappa shape index (κ3) is 4.25. The summed E-state index contributed by atoms with van der Waals surface area (Å²) in [5.74, 6) is 0. The Morgan fingerprint density at radius 1 is 1.29 bits per heavy atom. The van der Waals surface area contributed by atoms with Crippen molar-refractivity contribution in [3.05, 3.63) is 29.8 Å². The molecule has 0 spiro atoms. The highest BCUT2D eigenvalue weighted by Gasteiger charge is 2.01. The lowest BCUT2D eigenvalue weighted by Gasteiger charge is -1.99. The van der Waals surface area contributed by atoms with Crippen LogP contribution in [0.1, 0.15) is 5.56 Å². The Morgan fingerprint density at radius 3 is 2.21 bits per heavy atom. The van der Waals surface area contributed by atoms with Crippen molar-refractivity contribution < 1.29 is 0 Å². The minimum absolute atomic E-state index is 0.829. The Bertz CT molecular complexity index is 229. The predicted octanol–water partition coefficient (Wildman–Crippen LogP) is 1.06. The van der Waals surface area contributed by atoms with Crippen molar-refractivity contribution in [3.8, 4) is 0 Å². The highest BCUT2D eigenvalue weighted by atomic mass is 15.3. The van der Waals surface area contributed by atoms with Gasteiger partial charge in [0.05, 0.1) is 0 Å². The van der Waals surface area contributed by atoms with E-state index in [0.29, 0.717) is 0 Å². The number of nitrogens with zero attached hydrogens (tertiary/aromatic N) is 1. The number of likely N-dealkylation sites (N-methyl/N-ethyl adjacent to an activating group) is 1. The second kappa shape index (κ2) is 5.62. The van der Waals surface area contributed by atoms with Gasteiger partial charge in [-0.1, -0.05) is 17.7 Å². The molecule has 78 valence electrons. The molecular weight excluding hydrogens is 174 g/mol. The Balaban J connectivity index is 0.000000146. The highest BCUT2D eigenvalue weighted by Crippen LogP contribution is 2.02. The average Bonchev–Trinajstić information content (AvgIpc) is 2.63. The molecule has 0 aromatic heterocycles. The van der Waals surface area contributed by atoms with Gasteiger partial charge in [-0.2, -0.15) is 0 Å². The first kappa shape index (κ1) is 11.0. The molecule has 0 amide bonds. The Labute approximate surface area is 85.9 Å². The van der Waals surface area contributed by atoms with Crippen molar-refractivity contribution in [2.75, 3.05) is 32.5 Å². The molecule has 1 aliphatic heterocycles. The van der Waals surface area contributed by atoms with E-state index in [9.17, 15) is 0 Å². The van der Waals surface area contributed by atoms with Gasteiger partial charge in [0.15, 0.2) is 0 Å². The molecular formula is C11H19N3. The van der Waals surface area contributed by atoms with E-state index in [2.05, 4.69) is 17.3 Å². The number of nitrogens with two attached hydrogens (primary N) is 1. The summed E-state index contributed by atoms with van der Waals surface area (Å²) >= 11 is 0. The molecule has 0 bridgehead atoms. The van der Waals surface area contributed by atoms with E-state index >= 15 is 0 Å². The third-order valence-electron chi connectivity index (χ3n) is 2.13. The number of hydrogen-bond donors (Lipinski definition) is 2. The van der Waals surface area contributed by atoms with E-state index in [-0.39, 0.29) is 0 Å². The fraction of sp³-hybridized carbons (Fsp3) is 0.455. The number of hydrogen-bond acceptors (Lipinski definition) is 3. The lowest BCUT2D eigenvalue weighted by atomic mass is 10.2. The van der Waals surface area contributed by atoms with Crippen LogP contribution in [-0.2, 0) is 0 Å². The van der Waals surface area contributed by atoms with Crippen LogP contribution in [0.2, 0.25) is 0 Å². The Kier molecular flexibility index (Phi) is 4.43. The summed E-state index contributed by atoms with van der Waals surface area (Å²) in [6.07, 6.45) is 0. The number of anilines is 1. The summed E-state index contributed by atoms with van der Waals surface area (Å²) < 4.78 is 0. The molecule has 1 fully saturated rings. The second-order valence-corrected chi connectivity index (χ2v) is 3.65. The van der Waals surface area contributed by atoms with E-state index in [0.717, 1.165) is 18.9 Å². The summed E-state index contributed by atoms with van der Waals surface area (Å²) in [6, 6.07) is 7.79. The topological polar surface area (TPSA) is 41.3 Å². The van der Waals surface area contributed by atoms with Crippen LogP contribution in [0, 0.1) is 6.92 Å². The maximum absolute atomic E-state index is 5.43. The fourth-order valence-electron chi connectivity index (χ4n) is 1.19. The number of benzene rings is 1. The lowest BCUT2D eigenvalue weighted by Crippen LogP contribution is -2.15. The van der Waals surface area contributed by atoms with Gasteiger partial charge < -0.3 is 11.1 Å². The summed E-state index contributed by atoms with van der Waals surface area (Å²) in [4.78, 5) is 2.25. The maximum Gasteiger partial charge on any atom is 0.0478 e. The molecule has 1 aromatic carbocycles. The van der Waals surface area contributed by atoms with Gasteiger partial charge in [-0.15, -0.1) is 0 Å². The normalized spacial score (nSPS) is 16.1. The molecule has 3 N–H and O–H groups in total. The Hall–Kier alpha value is -1.06. The summed E-state index contributed by atoms with van der Waals surface area (Å²) in [5, 5.41) is 3.20. The average molecular weight is 193 g/mol. The van der Waals surface area contributed by atoms with Crippen LogP contribution in [0.3, 0.4) is 0 Å². The standard InChI is InChI=1S/C7H9N.C4H10N2/c1-6-2-4-7(8)5-3-6;1-6-3-2-5-4-6/h2-5H,8H2,1H3;5H,2-4H2,1H3. The van der Waals surface area contributed by atoms with E-state index in [4.69, 9.17) is 5.73 Å². The van der Waals surface area contributed by atoms with Gasteiger partial charge in [0.2, 0.25) is 0 Å². The fourth-order valence-corrected chi connectivity index (χ4v) is 1.19. The van der Waals surface area contributed by atoms with Crippen molar-refractivity contribution in [1.29, 1.82) is 0 Å². The molecule has 0 radical (unpaired) electrons. The summed E-state index contributed by atoms with van der Waals surface area (Å²) in [7, 11) is 2.11. The molecule has 1 saturated heterocycles. The molecule has 3 heteroatoms. The minimum atomic E-state index is 0.829. The molecule has 0 unspecified atom stereocenters. The van der Waals surface area contributed by atoms with Crippen LogP contribution in [0.4, 0.5) is 5.69 Å². The van der Waals surface area contributed by atoms with Gasteiger partial charge in [0.1, 0.15) is 0 Å². The van der Waals surface area contributed by atoms with Crippen molar-refractivity contribution in [2.24, 2.45) is 0 Å². The van der Waals surface area contributed by atoms with Crippen molar-refractivity contribution in [3.63, 3.8) is 0 Å². The van der Waals surface area contributed by atoms with Gasteiger partial charge in [-0.25, -0.2) is 0 Å². The number of nitrogens with one attached hydrogen (secondary N) is 1. The third-order valence-corrected chi connectivity index (χ3v) is 2.13. The number of nitrogen functional groups attached to an aromatic ring is 1. The van der Waals surface area contributed by atoms with Crippen LogP contribution in [0.15, 0.2) is 24.3 Å². The van der Waals surface area contributed by atoms with Crippen LogP contribution < -0.4 is 11.1 Å². The molecule has 3 nitrogen and oxygen atoms in total. The van der Waals surface area contributed by atoms with Gasteiger partial charge >= 0.3 is 0 Å². The largest absolute Gasteiger partial charge is 0.399 e. The SMILES string of the molecule is CN1CCNC1.Cc1ccc(N)cc1. The van der Waals surface area contributed by atoms with E-state index in [1.165, 1.54) is 12.1 Å². The molecule has 14 heavy (non-hydrogen) atoms. The van der Waals surface area contributed by atoms with Crippen LogP contribution in [0.25, 0.3) is 0 Å². The van der Waals surface area contributed by atoms with Crippen molar-refractivity contribution in [2.45, 2.75) is 6.92 Å². The van der Waals surface area contributed by atoms with Crippen LogP contribution in [0.5, 0.6) is 0 Å². The molecule has 0 aliphatic carbocycles. The predicted molar refractivity (Wildman–Crippen MR) is 61.1 cm³/mol. The maximum atomic E-state index is 5.43. The Morgan fingerprint density at radius 2 is 1.93 bits per heavy atom. The zero-order valence-electron chi connectivity index (χ0n) is 8.96. The molecule has 1 aromatic rings. The molecule has 0 saturated carbocycles. The molecule has 1 heterocycles. The van der Waals surface area contributed by atoms with Crippen LogP contribution in [-0.4, -0.2) is 31.7 Å². The van der Waals surface area contributed by atoms with Crippen molar-refractivity contribution in [1.82, 2.24) is 10.2 Å². The van der Waals surface area contributed by atoms with Gasteiger partial charge in [-0.05, 0) is 26.1 Å². The molecule has 2 rings (SSSR count). The highest BCUT2D eigenvalue weighted by molar-refractivity contribution is 5.38. The molecule has 1 aliphatic rings. The number of aryl methyl sites for hydroxylation is 1. The first-order valence-electron chi connectivity index (χ1n) is 4.90. The van der Waals surface area contributed by atoms with Gasteiger partial charge in [-0.3, -0.25) is 4.90 Å². The quantitative estimate of drug-likeness (QED) is 0.605. The lowest BCUT2D eigenvalue weighted by molar-refractivity contribution is 0.412. The van der Waals surface area contributed by atoms with E-state index < -0.39 is 0 Å². The molecule has 0 atom stereocenters. The van der Waals surface area contributed by atoms with E-state index in [1.54, 1.807) is 0 Å². The summed E-state index contributed by atoms with van der Waals surface area (Å²) in [6.45, 7) is 5.48. The smallest absolute Gasteiger partial charge is 0.0478 e.